The number of likely N-dealkylation sites (tertiary alicyclic amines) is 1. The fourth-order valence-corrected chi connectivity index (χ4v) is 6.27. The van der Waals surface area contributed by atoms with Crippen LogP contribution >= 0.6 is 0 Å². The summed E-state index contributed by atoms with van der Waals surface area (Å²) in [6.07, 6.45) is 8.78. The Morgan fingerprint density at radius 3 is 2.18 bits per heavy atom. The fraction of sp³-hybridized carbons (Fsp3) is 0.522. The normalized spacial score (nSPS) is 37.9. The van der Waals surface area contributed by atoms with E-state index in [4.69, 9.17) is 0 Å². The second kappa shape index (κ2) is 5.79. The van der Waals surface area contributed by atoms with E-state index in [1.807, 2.05) is 4.90 Å². The number of benzene rings is 1. The van der Waals surface area contributed by atoms with Gasteiger partial charge in [0.1, 0.15) is 0 Å². The molecular weight excluding hydrogens is 352 g/mol. The maximum atomic E-state index is 13.3. The van der Waals surface area contributed by atoms with Crippen molar-refractivity contribution in [1.29, 1.82) is 0 Å². The van der Waals surface area contributed by atoms with Gasteiger partial charge in [0.15, 0.2) is 0 Å². The number of imide groups is 1. The van der Waals surface area contributed by atoms with Crippen molar-refractivity contribution in [1.82, 2.24) is 4.90 Å². The Kier molecular flexibility index (Phi) is 3.41. The van der Waals surface area contributed by atoms with E-state index in [0.29, 0.717) is 23.1 Å². The topological polar surface area (TPSA) is 57.7 Å². The molecule has 0 spiro atoms. The molecule has 2 saturated heterocycles. The van der Waals surface area contributed by atoms with Gasteiger partial charge in [-0.2, -0.15) is 0 Å². The van der Waals surface area contributed by atoms with Gasteiger partial charge in [-0.3, -0.25) is 14.4 Å². The van der Waals surface area contributed by atoms with Crippen LogP contribution in [0.5, 0.6) is 0 Å². The first-order valence-electron chi connectivity index (χ1n) is 10.6. The number of amides is 3. The monoisotopic (exact) mass is 376 g/mol. The van der Waals surface area contributed by atoms with Crippen LogP contribution in [0.25, 0.3) is 0 Å². The van der Waals surface area contributed by atoms with Crippen LogP contribution < -0.4 is 4.90 Å². The van der Waals surface area contributed by atoms with Gasteiger partial charge in [0.25, 0.3) is 5.91 Å². The molecule has 4 aliphatic carbocycles. The average molecular weight is 376 g/mol. The number of hydrogen-bond acceptors (Lipinski definition) is 3. The quantitative estimate of drug-likeness (QED) is 0.589. The number of piperidine rings is 1. The highest BCUT2D eigenvalue weighted by molar-refractivity contribution is 6.23. The lowest BCUT2D eigenvalue weighted by atomic mass is 9.63. The predicted molar refractivity (Wildman–Crippen MR) is 103 cm³/mol. The van der Waals surface area contributed by atoms with Crippen molar-refractivity contribution in [3.05, 3.63) is 42.0 Å². The molecule has 0 aromatic heterocycles. The Balaban J connectivity index is 1.31. The minimum Gasteiger partial charge on any atom is -0.339 e. The third-order valence-corrected chi connectivity index (χ3v) is 7.66. The molecule has 2 saturated carbocycles. The summed E-state index contributed by atoms with van der Waals surface area (Å²) < 4.78 is 0. The molecule has 5 nitrogen and oxygen atoms in total. The van der Waals surface area contributed by atoms with Crippen molar-refractivity contribution >= 4 is 23.4 Å². The minimum absolute atomic E-state index is 0.000965. The maximum Gasteiger partial charge on any atom is 0.253 e. The van der Waals surface area contributed by atoms with Crippen molar-refractivity contribution in [2.45, 2.75) is 25.7 Å². The van der Waals surface area contributed by atoms with Gasteiger partial charge in [-0.25, -0.2) is 4.90 Å². The van der Waals surface area contributed by atoms with E-state index in [0.717, 1.165) is 32.4 Å². The highest BCUT2D eigenvalue weighted by Gasteiger charge is 2.67. The van der Waals surface area contributed by atoms with Gasteiger partial charge in [0.2, 0.25) is 11.8 Å². The van der Waals surface area contributed by atoms with Gasteiger partial charge in [-0.05, 0) is 67.6 Å². The summed E-state index contributed by atoms with van der Waals surface area (Å²) in [7, 11) is 0. The third-order valence-electron chi connectivity index (χ3n) is 7.66. The van der Waals surface area contributed by atoms with E-state index in [-0.39, 0.29) is 41.4 Å². The summed E-state index contributed by atoms with van der Waals surface area (Å²) in [6.45, 7) is 1.57. The number of hydrogen-bond donors (Lipinski definition) is 0. The van der Waals surface area contributed by atoms with Crippen LogP contribution in [0.1, 0.15) is 36.0 Å². The number of anilines is 1. The summed E-state index contributed by atoms with van der Waals surface area (Å²) in [4.78, 5) is 42.7. The van der Waals surface area contributed by atoms with Crippen LogP contribution in [0.4, 0.5) is 5.69 Å². The van der Waals surface area contributed by atoms with E-state index < -0.39 is 0 Å². The highest BCUT2D eigenvalue weighted by Crippen LogP contribution is 2.65. The Hall–Kier alpha value is -2.43. The van der Waals surface area contributed by atoms with Gasteiger partial charge >= 0.3 is 0 Å². The zero-order chi connectivity index (χ0) is 19.0. The van der Waals surface area contributed by atoms with Crippen molar-refractivity contribution in [2.24, 2.45) is 35.5 Å². The predicted octanol–water partition coefficient (Wildman–Crippen LogP) is 2.87. The van der Waals surface area contributed by atoms with Gasteiger partial charge < -0.3 is 4.90 Å². The lowest BCUT2D eigenvalue weighted by Gasteiger charge is -2.37. The number of allylic oxidation sites excluding steroid dienone is 2. The zero-order valence-corrected chi connectivity index (χ0v) is 15.8. The Morgan fingerprint density at radius 2 is 1.54 bits per heavy atom. The second-order valence-electron chi connectivity index (χ2n) is 9.07. The molecule has 0 unspecified atom stereocenters. The average Bonchev–Trinajstić information content (AvgIpc) is 3.52. The van der Waals surface area contributed by atoms with Crippen molar-refractivity contribution in [2.75, 3.05) is 18.0 Å². The molecule has 28 heavy (non-hydrogen) atoms. The first-order chi connectivity index (χ1) is 13.6. The molecule has 7 rings (SSSR count). The van der Waals surface area contributed by atoms with Crippen LogP contribution in [0.2, 0.25) is 0 Å². The molecule has 6 aliphatic rings. The highest BCUT2D eigenvalue weighted by atomic mass is 16.2. The summed E-state index contributed by atoms with van der Waals surface area (Å²) in [5, 5.41) is 0. The number of carbonyl (C=O) groups excluding carboxylic acids is 3. The Morgan fingerprint density at radius 1 is 0.893 bits per heavy atom. The van der Waals surface area contributed by atoms with Crippen molar-refractivity contribution < 1.29 is 14.4 Å². The lowest BCUT2D eigenvalue weighted by molar-refractivity contribution is -0.124. The number of nitrogens with zero attached hydrogens (tertiary/aromatic N) is 2. The SMILES string of the molecule is O=C(c1cccc(N2C(=O)[C@@H]3[C@H]4C=C[C@@H]([C@@H]5C[C@@H]45)[C@H]3C2=O)c1)N1CCCCC1. The van der Waals surface area contributed by atoms with Gasteiger partial charge in [0.05, 0.1) is 17.5 Å². The van der Waals surface area contributed by atoms with Gasteiger partial charge in [-0.15, -0.1) is 0 Å². The summed E-state index contributed by atoms with van der Waals surface area (Å²) >= 11 is 0. The number of rotatable bonds is 2. The Bertz CT molecular complexity index is 880. The molecule has 0 N–H and O–H groups in total. The molecule has 5 heteroatoms. The van der Waals surface area contributed by atoms with E-state index in [1.54, 1.807) is 24.3 Å². The molecule has 6 atom stereocenters. The molecule has 3 amide bonds. The summed E-state index contributed by atoms with van der Waals surface area (Å²) in [5.74, 6) is 1.10. The Labute approximate surface area is 164 Å². The molecule has 0 radical (unpaired) electrons. The third kappa shape index (κ3) is 2.16. The molecule has 2 heterocycles. The van der Waals surface area contributed by atoms with E-state index in [9.17, 15) is 14.4 Å². The molecule has 144 valence electrons. The van der Waals surface area contributed by atoms with Gasteiger partial charge in [0, 0.05) is 18.7 Å². The van der Waals surface area contributed by atoms with Gasteiger partial charge in [-0.1, -0.05) is 18.2 Å². The van der Waals surface area contributed by atoms with E-state index >= 15 is 0 Å². The molecule has 4 fully saturated rings. The minimum atomic E-state index is -0.201. The summed E-state index contributed by atoms with van der Waals surface area (Å²) in [5.41, 5.74) is 1.12. The lowest BCUT2D eigenvalue weighted by Crippen LogP contribution is -2.40. The fourth-order valence-electron chi connectivity index (χ4n) is 6.27. The largest absolute Gasteiger partial charge is 0.339 e. The van der Waals surface area contributed by atoms with E-state index in [2.05, 4.69) is 12.2 Å². The molecule has 2 aliphatic heterocycles. The first-order valence-corrected chi connectivity index (χ1v) is 10.6. The zero-order valence-electron chi connectivity index (χ0n) is 15.8. The number of carbonyl (C=O) groups is 3. The van der Waals surface area contributed by atoms with Crippen molar-refractivity contribution in [3.8, 4) is 0 Å². The van der Waals surface area contributed by atoms with Crippen LogP contribution in [0.15, 0.2) is 36.4 Å². The van der Waals surface area contributed by atoms with Crippen LogP contribution in [-0.2, 0) is 9.59 Å². The molecule has 1 aromatic carbocycles. The maximum absolute atomic E-state index is 13.3. The summed E-state index contributed by atoms with van der Waals surface area (Å²) in [6, 6.07) is 7.11. The standard InChI is InChI=1S/C23H24N2O3/c26-21(24-9-2-1-3-10-24)13-5-4-6-14(11-13)25-22(27)19-15-7-8-16(18-12-17(15)18)20(19)23(25)28/h4-8,11,15-20H,1-3,9-10,12H2/t15-,16-,17-,18-,19+,20+/m0/s1. The van der Waals surface area contributed by atoms with Crippen LogP contribution in [0.3, 0.4) is 0 Å². The molecule has 2 bridgehead atoms. The first kappa shape index (κ1) is 16.5. The van der Waals surface area contributed by atoms with E-state index in [1.165, 1.54) is 11.3 Å². The molecular formula is C23H24N2O3. The van der Waals surface area contributed by atoms with Crippen molar-refractivity contribution in [3.63, 3.8) is 0 Å². The van der Waals surface area contributed by atoms with Crippen LogP contribution in [-0.4, -0.2) is 35.7 Å². The molecule has 1 aromatic rings. The smallest absolute Gasteiger partial charge is 0.253 e. The second-order valence-corrected chi connectivity index (χ2v) is 9.07. The van der Waals surface area contributed by atoms with Crippen LogP contribution in [0, 0.1) is 35.5 Å².